The van der Waals surface area contributed by atoms with Gasteiger partial charge in [0, 0.05) is 23.2 Å². The molecule has 0 aliphatic heterocycles. The summed E-state index contributed by atoms with van der Waals surface area (Å²) in [7, 11) is 0. The molecule has 1 nitrogen and oxygen atoms in total. The maximum Gasteiger partial charge on any atom is 0.123 e. The molecule has 0 bridgehead atoms. The van der Waals surface area contributed by atoms with E-state index in [0.29, 0.717) is 10.4 Å². The third kappa shape index (κ3) is 1.14. The fourth-order valence-electron chi connectivity index (χ4n) is 1.10. The van der Waals surface area contributed by atoms with Gasteiger partial charge >= 0.3 is 0 Å². The average molecular weight is 182 g/mol. The molecule has 3 heteroatoms. The van der Waals surface area contributed by atoms with Gasteiger partial charge in [0.05, 0.1) is 5.02 Å². The van der Waals surface area contributed by atoms with E-state index in [-0.39, 0.29) is 5.82 Å². The Kier molecular flexibility index (Phi) is 1.70. The second kappa shape index (κ2) is 2.72. The van der Waals surface area contributed by atoms with Gasteiger partial charge in [-0.15, -0.1) is 0 Å². The molecular weight excluding hydrogens is 177 g/mol. The standard InChI is InChI=1S/C9H5ClFN/c10-9-5-12-4-6-1-2-7(11)3-8(6)9/h1-5H. The average Bonchev–Trinajstić information content (AvgIpc) is 2.07. The summed E-state index contributed by atoms with van der Waals surface area (Å²) in [6.07, 6.45) is 3.16. The predicted octanol–water partition coefficient (Wildman–Crippen LogP) is 3.03. The number of hydrogen-bond acceptors (Lipinski definition) is 1. The van der Waals surface area contributed by atoms with Crippen LogP contribution in [0.1, 0.15) is 0 Å². The molecule has 0 atom stereocenters. The molecular formula is C9H5ClFN. The van der Waals surface area contributed by atoms with Crippen molar-refractivity contribution in [2.24, 2.45) is 0 Å². The zero-order valence-electron chi connectivity index (χ0n) is 6.09. The maximum absolute atomic E-state index is 12.7. The van der Waals surface area contributed by atoms with Gasteiger partial charge in [-0.3, -0.25) is 4.98 Å². The minimum Gasteiger partial charge on any atom is -0.263 e. The SMILES string of the molecule is Fc1ccc2cncc(Cl)c2c1. The Balaban J connectivity index is 2.88. The van der Waals surface area contributed by atoms with Crippen molar-refractivity contribution in [1.29, 1.82) is 0 Å². The van der Waals surface area contributed by atoms with Gasteiger partial charge in [0.2, 0.25) is 0 Å². The van der Waals surface area contributed by atoms with E-state index in [4.69, 9.17) is 11.6 Å². The molecule has 1 aromatic carbocycles. The fraction of sp³-hybridized carbons (Fsp3) is 0. The van der Waals surface area contributed by atoms with Gasteiger partial charge in [0.1, 0.15) is 5.82 Å². The van der Waals surface area contributed by atoms with E-state index in [1.807, 2.05) is 0 Å². The van der Waals surface area contributed by atoms with Crippen molar-refractivity contribution in [1.82, 2.24) is 4.98 Å². The molecule has 12 heavy (non-hydrogen) atoms. The number of halogens is 2. The highest BCUT2D eigenvalue weighted by atomic mass is 35.5. The third-order valence-electron chi connectivity index (χ3n) is 1.67. The van der Waals surface area contributed by atoms with E-state index in [0.717, 1.165) is 5.39 Å². The van der Waals surface area contributed by atoms with Crippen molar-refractivity contribution in [2.45, 2.75) is 0 Å². The quantitative estimate of drug-likeness (QED) is 0.609. The largest absolute Gasteiger partial charge is 0.263 e. The van der Waals surface area contributed by atoms with Crippen LogP contribution in [0.5, 0.6) is 0 Å². The Labute approximate surface area is 73.8 Å². The molecule has 0 fully saturated rings. The molecule has 0 unspecified atom stereocenters. The summed E-state index contributed by atoms with van der Waals surface area (Å²) < 4.78 is 12.7. The fourth-order valence-corrected chi connectivity index (χ4v) is 1.32. The van der Waals surface area contributed by atoms with Crippen LogP contribution in [-0.4, -0.2) is 4.98 Å². The second-order valence-corrected chi connectivity index (χ2v) is 2.89. The van der Waals surface area contributed by atoms with Crippen molar-refractivity contribution in [3.05, 3.63) is 41.4 Å². The Morgan fingerprint density at radius 1 is 1.25 bits per heavy atom. The van der Waals surface area contributed by atoms with Gasteiger partial charge in [-0.2, -0.15) is 0 Å². The van der Waals surface area contributed by atoms with E-state index < -0.39 is 0 Å². The van der Waals surface area contributed by atoms with Crippen molar-refractivity contribution >= 4 is 22.4 Å². The molecule has 0 aliphatic rings. The third-order valence-corrected chi connectivity index (χ3v) is 1.98. The van der Waals surface area contributed by atoms with Crippen LogP contribution in [0.25, 0.3) is 10.8 Å². The number of fused-ring (bicyclic) bond motifs is 1. The molecule has 0 radical (unpaired) electrons. The Morgan fingerprint density at radius 3 is 2.92 bits per heavy atom. The molecule has 60 valence electrons. The van der Waals surface area contributed by atoms with Gasteiger partial charge in [0.25, 0.3) is 0 Å². The van der Waals surface area contributed by atoms with E-state index in [2.05, 4.69) is 4.98 Å². The number of nitrogens with zero attached hydrogens (tertiary/aromatic N) is 1. The molecule has 1 aromatic heterocycles. The van der Waals surface area contributed by atoms with Crippen molar-refractivity contribution in [3.63, 3.8) is 0 Å². The normalized spacial score (nSPS) is 10.5. The first-order valence-electron chi connectivity index (χ1n) is 3.46. The molecule has 0 spiro atoms. The van der Waals surface area contributed by atoms with Crippen LogP contribution >= 0.6 is 11.6 Å². The molecule has 0 aliphatic carbocycles. The van der Waals surface area contributed by atoms with Gasteiger partial charge in [-0.05, 0) is 18.2 Å². The second-order valence-electron chi connectivity index (χ2n) is 2.49. The minimum atomic E-state index is -0.282. The minimum absolute atomic E-state index is 0.282. The highest BCUT2D eigenvalue weighted by Crippen LogP contribution is 2.22. The Morgan fingerprint density at radius 2 is 2.08 bits per heavy atom. The monoisotopic (exact) mass is 181 g/mol. The lowest BCUT2D eigenvalue weighted by molar-refractivity contribution is 0.629. The molecule has 0 N–H and O–H groups in total. The summed E-state index contributed by atoms with van der Waals surface area (Å²) in [5.74, 6) is -0.282. The molecule has 0 amide bonds. The Hall–Kier alpha value is -1.15. The summed E-state index contributed by atoms with van der Waals surface area (Å²) in [6, 6.07) is 4.45. The van der Waals surface area contributed by atoms with Crippen LogP contribution in [0.2, 0.25) is 5.02 Å². The molecule has 2 rings (SSSR count). The van der Waals surface area contributed by atoms with Crippen LogP contribution < -0.4 is 0 Å². The first kappa shape index (κ1) is 7.50. The Bertz CT molecular complexity index is 428. The summed E-state index contributed by atoms with van der Waals surface area (Å²) in [5.41, 5.74) is 0. The molecule has 2 aromatic rings. The van der Waals surface area contributed by atoms with E-state index >= 15 is 0 Å². The number of rotatable bonds is 0. The van der Waals surface area contributed by atoms with Crippen molar-refractivity contribution in [3.8, 4) is 0 Å². The van der Waals surface area contributed by atoms with E-state index in [1.165, 1.54) is 18.3 Å². The predicted molar refractivity (Wildman–Crippen MR) is 46.7 cm³/mol. The number of pyridine rings is 1. The van der Waals surface area contributed by atoms with Gasteiger partial charge in [0.15, 0.2) is 0 Å². The first-order valence-corrected chi connectivity index (χ1v) is 3.84. The number of benzene rings is 1. The zero-order chi connectivity index (χ0) is 8.55. The summed E-state index contributed by atoms with van der Waals surface area (Å²) in [4.78, 5) is 3.89. The smallest absolute Gasteiger partial charge is 0.123 e. The van der Waals surface area contributed by atoms with Gasteiger partial charge < -0.3 is 0 Å². The van der Waals surface area contributed by atoms with Crippen LogP contribution in [0.3, 0.4) is 0 Å². The summed E-state index contributed by atoms with van der Waals surface area (Å²) in [5, 5.41) is 2.03. The highest BCUT2D eigenvalue weighted by molar-refractivity contribution is 6.35. The lowest BCUT2D eigenvalue weighted by Crippen LogP contribution is -1.79. The van der Waals surface area contributed by atoms with Crippen LogP contribution in [-0.2, 0) is 0 Å². The molecule has 1 heterocycles. The number of hydrogen-bond donors (Lipinski definition) is 0. The van der Waals surface area contributed by atoms with Gasteiger partial charge in [-0.25, -0.2) is 4.39 Å². The van der Waals surface area contributed by atoms with Crippen LogP contribution in [0.4, 0.5) is 4.39 Å². The lowest BCUT2D eigenvalue weighted by Gasteiger charge is -1.98. The van der Waals surface area contributed by atoms with E-state index in [1.54, 1.807) is 12.3 Å². The van der Waals surface area contributed by atoms with Gasteiger partial charge in [-0.1, -0.05) is 11.6 Å². The summed E-state index contributed by atoms with van der Waals surface area (Å²) in [6.45, 7) is 0. The summed E-state index contributed by atoms with van der Waals surface area (Å²) >= 11 is 5.80. The van der Waals surface area contributed by atoms with Crippen LogP contribution in [0, 0.1) is 5.82 Å². The maximum atomic E-state index is 12.7. The molecule has 0 saturated carbocycles. The first-order chi connectivity index (χ1) is 5.77. The molecule has 0 saturated heterocycles. The van der Waals surface area contributed by atoms with Crippen molar-refractivity contribution < 1.29 is 4.39 Å². The van der Waals surface area contributed by atoms with Crippen LogP contribution in [0.15, 0.2) is 30.6 Å². The zero-order valence-corrected chi connectivity index (χ0v) is 6.85. The lowest BCUT2D eigenvalue weighted by atomic mass is 10.2. The van der Waals surface area contributed by atoms with Crippen molar-refractivity contribution in [2.75, 3.05) is 0 Å². The highest BCUT2D eigenvalue weighted by Gasteiger charge is 1.99. The topological polar surface area (TPSA) is 12.9 Å². The number of aromatic nitrogens is 1. The van der Waals surface area contributed by atoms with E-state index in [9.17, 15) is 4.39 Å².